The van der Waals surface area contributed by atoms with Crippen molar-refractivity contribution in [1.29, 1.82) is 0 Å². The van der Waals surface area contributed by atoms with Crippen LogP contribution < -0.4 is 10.1 Å². The minimum Gasteiger partial charge on any atom is -0.497 e. The molecule has 0 bridgehead atoms. The molecule has 1 N–H and O–H groups in total. The fourth-order valence-electron chi connectivity index (χ4n) is 2.89. The van der Waals surface area contributed by atoms with Gasteiger partial charge in [0.1, 0.15) is 11.4 Å². The zero-order valence-corrected chi connectivity index (χ0v) is 14.0. The summed E-state index contributed by atoms with van der Waals surface area (Å²) in [6, 6.07) is 11.8. The molecule has 5 nitrogen and oxygen atoms in total. The first-order valence-corrected chi connectivity index (χ1v) is 8.38. The Morgan fingerprint density at radius 2 is 2.08 bits per heavy atom. The first kappa shape index (κ1) is 16.3. The highest BCUT2D eigenvalue weighted by atomic mass is 16.5. The van der Waals surface area contributed by atoms with Crippen molar-refractivity contribution in [1.82, 2.24) is 9.88 Å². The molecule has 24 heavy (non-hydrogen) atoms. The van der Waals surface area contributed by atoms with Crippen LogP contribution in [0.3, 0.4) is 0 Å². The van der Waals surface area contributed by atoms with E-state index in [0.29, 0.717) is 5.69 Å². The van der Waals surface area contributed by atoms with Gasteiger partial charge in [0.2, 0.25) is 0 Å². The number of rotatable bonds is 6. The normalized spacial score (nSPS) is 13.8. The van der Waals surface area contributed by atoms with Crippen molar-refractivity contribution in [2.75, 3.05) is 32.1 Å². The van der Waals surface area contributed by atoms with Gasteiger partial charge in [-0.05, 0) is 49.1 Å². The van der Waals surface area contributed by atoms with Crippen molar-refractivity contribution in [2.24, 2.45) is 0 Å². The minimum atomic E-state index is 0.0374. The highest BCUT2D eigenvalue weighted by Crippen LogP contribution is 2.15. The molecule has 5 heteroatoms. The largest absolute Gasteiger partial charge is 0.497 e. The zero-order chi connectivity index (χ0) is 16.8. The molecular weight excluding hydrogens is 302 g/mol. The van der Waals surface area contributed by atoms with Crippen LogP contribution in [0.5, 0.6) is 5.75 Å². The molecule has 3 rings (SSSR count). The van der Waals surface area contributed by atoms with Gasteiger partial charge in [-0.15, -0.1) is 0 Å². The highest BCUT2D eigenvalue weighted by Gasteiger charge is 2.20. The SMILES string of the molecule is COc1cccc(CCNc2ccc(C(=O)N3CCCC3)nc2)c1. The Balaban J connectivity index is 1.51. The van der Waals surface area contributed by atoms with E-state index in [1.807, 2.05) is 29.2 Å². The maximum atomic E-state index is 12.2. The number of amides is 1. The van der Waals surface area contributed by atoms with Gasteiger partial charge in [0.15, 0.2) is 0 Å². The van der Waals surface area contributed by atoms with Crippen LogP contribution >= 0.6 is 0 Å². The quantitative estimate of drug-likeness (QED) is 0.887. The number of carbonyl (C=O) groups is 1. The summed E-state index contributed by atoms with van der Waals surface area (Å²) in [7, 11) is 1.67. The average molecular weight is 325 g/mol. The van der Waals surface area contributed by atoms with Crippen LogP contribution in [0.4, 0.5) is 5.69 Å². The Kier molecular flexibility index (Phi) is 5.31. The van der Waals surface area contributed by atoms with Crippen LogP contribution in [-0.4, -0.2) is 42.5 Å². The number of benzene rings is 1. The number of nitrogens with zero attached hydrogens (tertiary/aromatic N) is 2. The molecule has 1 aromatic carbocycles. The van der Waals surface area contributed by atoms with Crippen molar-refractivity contribution < 1.29 is 9.53 Å². The number of hydrogen-bond donors (Lipinski definition) is 1. The van der Waals surface area contributed by atoms with Crippen molar-refractivity contribution in [3.63, 3.8) is 0 Å². The molecule has 0 aliphatic carbocycles. The van der Waals surface area contributed by atoms with Crippen LogP contribution in [0.2, 0.25) is 0 Å². The third-order valence-corrected chi connectivity index (χ3v) is 4.25. The number of anilines is 1. The molecule has 2 aromatic rings. The second-order valence-electron chi connectivity index (χ2n) is 5.96. The summed E-state index contributed by atoms with van der Waals surface area (Å²) in [5, 5.41) is 3.34. The Morgan fingerprint density at radius 1 is 1.25 bits per heavy atom. The maximum Gasteiger partial charge on any atom is 0.272 e. The molecular formula is C19H23N3O2. The molecule has 126 valence electrons. The molecule has 0 radical (unpaired) electrons. The molecule has 0 saturated carbocycles. The first-order chi connectivity index (χ1) is 11.8. The van der Waals surface area contributed by atoms with Crippen LogP contribution in [0.15, 0.2) is 42.6 Å². The molecule has 1 amide bonds. The number of nitrogens with one attached hydrogen (secondary N) is 1. The van der Waals surface area contributed by atoms with Gasteiger partial charge >= 0.3 is 0 Å². The Bertz CT molecular complexity index is 679. The van der Waals surface area contributed by atoms with Crippen molar-refractivity contribution >= 4 is 11.6 Å². The van der Waals surface area contributed by atoms with E-state index in [2.05, 4.69) is 16.4 Å². The number of pyridine rings is 1. The second-order valence-corrected chi connectivity index (χ2v) is 5.96. The van der Waals surface area contributed by atoms with Gasteiger partial charge in [-0.25, -0.2) is 4.98 Å². The zero-order valence-electron chi connectivity index (χ0n) is 14.0. The van der Waals surface area contributed by atoms with Crippen LogP contribution in [-0.2, 0) is 6.42 Å². The Hall–Kier alpha value is -2.56. The van der Waals surface area contributed by atoms with Gasteiger partial charge in [0.05, 0.1) is 19.0 Å². The summed E-state index contributed by atoms with van der Waals surface area (Å²) < 4.78 is 5.23. The predicted molar refractivity (Wildman–Crippen MR) is 94.6 cm³/mol. The lowest BCUT2D eigenvalue weighted by Gasteiger charge is -2.14. The third kappa shape index (κ3) is 4.04. The topological polar surface area (TPSA) is 54.5 Å². The van der Waals surface area contributed by atoms with E-state index in [-0.39, 0.29) is 5.91 Å². The van der Waals surface area contributed by atoms with Crippen LogP contribution in [0.25, 0.3) is 0 Å². The fourth-order valence-corrected chi connectivity index (χ4v) is 2.89. The average Bonchev–Trinajstić information content (AvgIpc) is 3.16. The van der Waals surface area contributed by atoms with Crippen LogP contribution in [0.1, 0.15) is 28.9 Å². The van der Waals surface area contributed by atoms with Crippen molar-refractivity contribution in [2.45, 2.75) is 19.3 Å². The van der Waals surface area contributed by atoms with Crippen LogP contribution in [0, 0.1) is 0 Å². The number of aromatic nitrogens is 1. The molecule has 1 fully saturated rings. The lowest BCUT2D eigenvalue weighted by atomic mass is 10.1. The summed E-state index contributed by atoms with van der Waals surface area (Å²) in [6.07, 6.45) is 4.81. The number of likely N-dealkylation sites (tertiary alicyclic amines) is 1. The summed E-state index contributed by atoms with van der Waals surface area (Å²) in [5.74, 6) is 0.911. The minimum absolute atomic E-state index is 0.0374. The second kappa shape index (κ2) is 7.81. The van der Waals surface area contributed by atoms with E-state index < -0.39 is 0 Å². The Morgan fingerprint density at radius 3 is 2.79 bits per heavy atom. The first-order valence-electron chi connectivity index (χ1n) is 8.38. The molecule has 1 aromatic heterocycles. The number of carbonyl (C=O) groups excluding carboxylic acids is 1. The molecule has 1 aliphatic heterocycles. The summed E-state index contributed by atoms with van der Waals surface area (Å²) in [4.78, 5) is 18.4. The number of ether oxygens (including phenoxy) is 1. The van der Waals surface area contributed by atoms with Gasteiger partial charge in [0, 0.05) is 19.6 Å². The predicted octanol–water partition coefficient (Wildman–Crippen LogP) is 2.98. The summed E-state index contributed by atoms with van der Waals surface area (Å²) in [5.41, 5.74) is 2.67. The van der Waals surface area contributed by atoms with E-state index in [1.165, 1.54) is 5.56 Å². The Labute approximate surface area is 142 Å². The molecule has 1 saturated heterocycles. The lowest BCUT2D eigenvalue weighted by Crippen LogP contribution is -2.28. The molecule has 1 aliphatic rings. The van der Waals surface area contributed by atoms with Gasteiger partial charge < -0.3 is 15.0 Å². The lowest BCUT2D eigenvalue weighted by molar-refractivity contribution is 0.0787. The van der Waals surface area contributed by atoms with Crippen molar-refractivity contribution in [3.8, 4) is 5.75 Å². The third-order valence-electron chi connectivity index (χ3n) is 4.25. The summed E-state index contributed by atoms with van der Waals surface area (Å²) >= 11 is 0. The van der Waals surface area contributed by atoms with Gasteiger partial charge in [-0.2, -0.15) is 0 Å². The molecule has 0 spiro atoms. The monoisotopic (exact) mass is 325 g/mol. The molecule has 2 heterocycles. The smallest absolute Gasteiger partial charge is 0.272 e. The van der Waals surface area contributed by atoms with E-state index in [9.17, 15) is 4.79 Å². The number of methoxy groups -OCH3 is 1. The van der Waals surface area contributed by atoms with E-state index >= 15 is 0 Å². The summed E-state index contributed by atoms with van der Waals surface area (Å²) in [6.45, 7) is 2.50. The van der Waals surface area contributed by atoms with Gasteiger partial charge in [-0.1, -0.05) is 12.1 Å². The van der Waals surface area contributed by atoms with Gasteiger partial charge in [0.25, 0.3) is 5.91 Å². The standard InChI is InChI=1S/C19H23N3O2/c1-24-17-6-4-5-15(13-17)9-10-20-16-7-8-18(21-14-16)19(23)22-11-2-3-12-22/h4-8,13-14,20H,2-3,9-12H2,1H3. The highest BCUT2D eigenvalue weighted by molar-refractivity contribution is 5.92. The van der Waals surface area contributed by atoms with Crippen molar-refractivity contribution in [3.05, 3.63) is 53.9 Å². The number of hydrogen-bond acceptors (Lipinski definition) is 4. The molecule has 0 unspecified atom stereocenters. The van der Waals surface area contributed by atoms with Gasteiger partial charge in [-0.3, -0.25) is 4.79 Å². The van der Waals surface area contributed by atoms with E-state index in [4.69, 9.17) is 4.74 Å². The maximum absolute atomic E-state index is 12.2. The van der Waals surface area contributed by atoms with E-state index in [1.54, 1.807) is 19.4 Å². The van der Waals surface area contributed by atoms with E-state index in [0.717, 1.165) is 50.3 Å². The fraction of sp³-hybridized carbons (Fsp3) is 0.368. The molecule has 0 atom stereocenters.